The van der Waals surface area contributed by atoms with Gasteiger partial charge in [0.1, 0.15) is 23.7 Å². The Morgan fingerprint density at radius 3 is 1.30 bits per heavy atom. The van der Waals surface area contributed by atoms with Crippen molar-refractivity contribution in [1.82, 2.24) is 40.4 Å². The molecule has 56 heavy (non-hydrogen) atoms. The van der Waals surface area contributed by atoms with Crippen molar-refractivity contribution in [2.75, 3.05) is 14.2 Å². The summed E-state index contributed by atoms with van der Waals surface area (Å²) in [6.07, 6.45) is 6.06. The molecule has 8 rings (SSSR count). The Labute approximate surface area is 326 Å². The Hall–Kier alpha value is -5.66. The maximum Gasteiger partial charge on any atom is 0.407 e. The van der Waals surface area contributed by atoms with Crippen molar-refractivity contribution in [1.29, 1.82) is 0 Å². The Kier molecular flexibility index (Phi) is 9.83. The molecule has 4 amide bonds. The third kappa shape index (κ3) is 7.01. The quantitative estimate of drug-likeness (QED) is 0.139. The SMILES string of the molecule is COC(=O)NC(C(=O)N1C2CC2C[C@H]1c1ncc(-c2ccc(-c3ccc(-c4cnc([C@@H]5CC6CC6N5C(=O)C(NC(=O)OC)C(C)C)[nH]4)cc3)cc2)[nH]1)C(C)C. The smallest absolute Gasteiger partial charge is 0.407 e. The highest BCUT2D eigenvalue weighted by molar-refractivity contribution is 5.88. The lowest BCUT2D eigenvalue weighted by atomic mass is 10.0. The number of aromatic nitrogens is 4. The minimum atomic E-state index is -0.676. The number of carbonyl (C=O) groups is 4. The Bertz CT molecular complexity index is 1960. The molecule has 4 aliphatic rings. The highest BCUT2D eigenvalue weighted by Gasteiger charge is 2.57. The van der Waals surface area contributed by atoms with Crippen LogP contribution in [0.15, 0.2) is 60.9 Å². The summed E-state index contributed by atoms with van der Waals surface area (Å²) >= 11 is 0. The molecule has 2 aliphatic heterocycles. The molecular formula is C42H50N8O6. The van der Waals surface area contributed by atoms with Crippen LogP contribution in [0.4, 0.5) is 9.59 Å². The molecule has 2 aliphatic carbocycles. The fourth-order valence-corrected chi connectivity index (χ4v) is 8.74. The van der Waals surface area contributed by atoms with E-state index in [2.05, 4.69) is 69.1 Å². The lowest BCUT2D eigenvalue weighted by Gasteiger charge is -2.31. The standard InChI is InChI=1S/C42H50N8O6/c1-21(2)35(47-41(53)55-5)39(51)49-31-15-27(31)17-33(49)37-43-19-29(45-37)25-11-7-23(8-12-25)24-9-13-26(14-10-24)30-20-44-38(46-30)34-18-28-16-32(28)50(34)40(52)36(22(3)4)48-42(54)56-6/h7-14,19-22,27-28,31-36H,15-18H2,1-6H3,(H,43,45)(H,44,46)(H,47,53)(H,48,54)/t27?,28?,31?,32?,33-,34-,35?,36?/m0/s1. The van der Waals surface area contributed by atoms with Crippen molar-refractivity contribution < 1.29 is 28.7 Å². The second-order valence-electron chi connectivity index (χ2n) is 16.4. The topological polar surface area (TPSA) is 175 Å². The first-order valence-electron chi connectivity index (χ1n) is 19.6. The van der Waals surface area contributed by atoms with Gasteiger partial charge in [0.2, 0.25) is 11.8 Å². The van der Waals surface area contributed by atoms with Gasteiger partial charge in [-0.15, -0.1) is 0 Å². The fraction of sp³-hybridized carbons (Fsp3) is 0.476. The third-order valence-electron chi connectivity index (χ3n) is 12.0. The summed E-state index contributed by atoms with van der Waals surface area (Å²) in [7, 11) is 2.60. The van der Waals surface area contributed by atoms with Gasteiger partial charge in [-0.3, -0.25) is 9.59 Å². The zero-order valence-corrected chi connectivity index (χ0v) is 32.6. The maximum absolute atomic E-state index is 13.8. The van der Waals surface area contributed by atoms with Crippen LogP contribution in [0.3, 0.4) is 0 Å². The van der Waals surface area contributed by atoms with Gasteiger partial charge in [-0.05, 0) is 71.6 Å². The molecule has 2 saturated heterocycles. The van der Waals surface area contributed by atoms with Crippen molar-refractivity contribution in [3.8, 4) is 33.6 Å². The molecule has 14 nitrogen and oxygen atoms in total. The number of hydrogen-bond acceptors (Lipinski definition) is 8. The molecule has 8 atom stereocenters. The largest absolute Gasteiger partial charge is 0.453 e. The van der Waals surface area contributed by atoms with Gasteiger partial charge < -0.3 is 39.9 Å². The van der Waals surface area contributed by atoms with Crippen LogP contribution in [0.1, 0.15) is 77.1 Å². The molecule has 4 fully saturated rings. The summed E-state index contributed by atoms with van der Waals surface area (Å²) in [6.45, 7) is 7.67. The summed E-state index contributed by atoms with van der Waals surface area (Å²) in [5, 5.41) is 5.47. The number of aromatic amines is 2. The highest BCUT2D eigenvalue weighted by atomic mass is 16.5. The second kappa shape index (κ2) is 14.8. The van der Waals surface area contributed by atoms with Crippen LogP contribution in [0.5, 0.6) is 0 Å². The summed E-state index contributed by atoms with van der Waals surface area (Å²) in [5.41, 5.74) is 5.85. The number of amides is 4. The van der Waals surface area contributed by atoms with E-state index in [4.69, 9.17) is 19.4 Å². The van der Waals surface area contributed by atoms with Crippen molar-refractivity contribution in [2.24, 2.45) is 23.7 Å². The summed E-state index contributed by atoms with van der Waals surface area (Å²) in [4.78, 5) is 71.9. The zero-order valence-electron chi connectivity index (χ0n) is 32.6. The summed E-state index contributed by atoms with van der Waals surface area (Å²) < 4.78 is 9.58. The minimum Gasteiger partial charge on any atom is -0.453 e. The first-order chi connectivity index (χ1) is 26.9. The van der Waals surface area contributed by atoms with E-state index < -0.39 is 24.3 Å². The number of alkyl carbamates (subject to hydrolysis) is 2. The van der Waals surface area contributed by atoms with Crippen molar-refractivity contribution >= 4 is 24.0 Å². The van der Waals surface area contributed by atoms with E-state index >= 15 is 0 Å². The molecule has 0 bridgehead atoms. The number of hydrogen-bond donors (Lipinski definition) is 4. The lowest BCUT2D eigenvalue weighted by molar-refractivity contribution is -0.137. The predicted octanol–water partition coefficient (Wildman–Crippen LogP) is 6.22. The second-order valence-corrected chi connectivity index (χ2v) is 16.4. The number of carbonyl (C=O) groups excluding carboxylic acids is 4. The van der Waals surface area contributed by atoms with E-state index in [1.54, 1.807) is 0 Å². The molecule has 4 aromatic rings. The van der Waals surface area contributed by atoms with Gasteiger partial charge in [0.05, 0.1) is 50.1 Å². The van der Waals surface area contributed by atoms with Crippen LogP contribution in [0.25, 0.3) is 33.6 Å². The molecule has 4 N–H and O–H groups in total. The van der Waals surface area contributed by atoms with E-state index in [1.807, 2.05) is 49.9 Å². The molecule has 0 spiro atoms. The Morgan fingerprint density at radius 1 is 0.607 bits per heavy atom. The lowest BCUT2D eigenvalue weighted by Crippen LogP contribution is -2.52. The summed E-state index contributed by atoms with van der Waals surface area (Å²) in [5.74, 6) is 2.01. The molecule has 2 saturated carbocycles. The van der Waals surface area contributed by atoms with Gasteiger partial charge in [0.25, 0.3) is 0 Å². The van der Waals surface area contributed by atoms with E-state index in [0.717, 1.165) is 71.0 Å². The average molecular weight is 763 g/mol. The van der Waals surface area contributed by atoms with Gasteiger partial charge >= 0.3 is 12.2 Å². The molecule has 0 radical (unpaired) electrons. The fourth-order valence-electron chi connectivity index (χ4n) is 8.74. The molecule has 4 heterocycles. The Balaban J connectivity index is 0.931. The zero-order chi connectivity index (χ0) is 39.4. The molecule has 6 unspecified atom stereocenters. The van der Waals surface area contributed by atoms with Gasteiger partial charge in [0, 0.05) is 12.1 Å². The monoisotopic (exact) mass is 762 g/mol. The molecular weight excluding hydrogens is 713 g/mol. The van der Waals surface area contributed by atoms with E-state index in [0.29, 0.717) is 11.8 Å². The number of methoxy groups -OCH3 is 2. The number of likely N-dealkylation sites (tertiary alicyclic amines) is 2. The number of imidazole rings is 2. The molecule has 2 aromatic heterocycles. The van der Waals surface area contributed by atoms with Crippen molar-refractivity contribution in [3.63, 3.8) is 0 Å². The minimum absolute atomic E-state index is 0.0971. The number of benzene rings is 2. The highest BCUT2D eigenvalue weighted by Crippen LogP contribution is 2.54. The molecule has 2 aromatic carbocycles. The van der Waals surface area contributed by atoms with Crippen LogP contribution in [-0.2, 0) is 19.1 Å². The number of nitrogens with zero attached hydrogens (tertiary/aromatic N) is 4. The normalized spacial score (nSPS) is 24.4. The van der Waals surface area contributed by atoms with Crippen molar-refractivity contribution in [3.05, 3.63) is 72.6 Å². The number of nitrogens with one attached hydrogen (secondary N) is 4. The van der Waals surface area contributed by atoms with Crippen LogP contribution in [0, 0.1) is 23.7 Å². The van der Waals surface area contributed by atoms with Gasteiger partial charge in [-0.25, -0.2) is 19.6 Å². The number of rotatable bonds is 11. The number of ether oxygens (including phenoxy) is 2. The first kappa shape index (κ1) is 37.3. The first-order valence-corrected chi connectivity index (χ1v) is 19.6. The Morgan fingerprint density at radius 2 is 0.964 bits per heavy atom. The number of H-pyrrole nitrogens is 2. The van der Waals surface area contributed by atoms with Crippen LogP contribution in [-0.4, -0.2) is 92.1 Å². The van der Waals surface area contributed by atoms with E-state index in [-0.39, 0.29) is 47.8 Å². The van der Waals surface area contributed by atoms with Crippen molar-refractivity contribution in [2.45, 2.75) is 89.6 Å². The van der Waals surface area contributed by atoms with Gasteiger partial charge in [-0.1, -0.05) is 76.2 Å². The average Bonchev–Trinajstić information content (AvgIpc) is 3.79. The molecule has 294 valence electrons. The van der Waals surface area contributed by atoms with Crippen LogP contribution < -0.4 is 10.6 Å². The third-order valence-corrected chi connectivity index (χ3v) is 12.0. The number of piperidine rings is 2. The maximum atomic E-state index is 13.8. The van der Waals surface area contributed by atoms with Crippen LogP contribution >= 0.6 is 0 Å². The predicted molar refractivity (Wildman–Crippen MR) is 208 cm³/mol. The summed E-state index contributed by atoms with van der Waals surface area (Å²) in [6, 6.07) is 15.2. The van der Waals surface area contributed by atoms with Gasteiger partial charge in [0.15, 0.2) is 0 Å². The number of fused-ring (bicyclic) bond motifs is 2. The molecule has 14 heteroatoms. The van der Waals surface area contributed by atoms with E-state index in [9.17, 15) is 19.2 Å². The van der Waals surface area contributed by atoms with E-state index in [1.165, 1.54) is 14.2 Å². The van der Waals surface area contributed by atoms with Crippen LogP contribution in [0.2, 0.25) is 0 Å². The van der Waals surface area contributed by atoms with Gasteiger partial charge in [-0.2, -0.15) is 0 Å².